The SMILES string of the molecule is CCCCCCOCC(O)CNc1cc(Cl)cc(Cl)c1. The molecule has 0 aliphatic heterocycles. The summed E-state index contributed by atoms with van der Waals surface area (Å²) >= 11 is 11.8. The molecule has 0 spiro atoms. The first-order valence-electron chi connectivity index (χ1n) is 7.07. The lowest BCUT2D eigenvalue weighted by molar-refractivity contribution is 0.0417. The Hall–Kier alpha value is -0.480. The van der Waals surface area contributed by atoms with E-state index in [1.807, 2.05) is 0 Å². The van der Waals surface area contributed by atoms with Crippen LogP contribution in [0.15, 0.2) is 18.2 Å². The van der Waals surface area contributed by atoms with E-state index in [1.54, 1.807) is 18.2 Å². The van der Waals surface area contributed by atoms with Crippen molar-refractivity contribution in [3.63, 3.8) is 0 Å². The van der Waals surface area contributed by atoms with E-state index in [9.17, 15) is 5.11 Å². The first-order valence-corrected chi connectivity index (χ1v) is 7.83. The molecule has 1 aromatic rings. The topological polar surface area (TPSA) is 41.5 Å². The smallest absolute Gasteiger partial charge is 0.0945 e. The highest BCUT2D eigenvalue weighted by atomic mass is 35.5. The van der Waals surface area contributed by atoms with Crippen LogP contribution < -0.4 is 5.32 Å². The highest BCUT2D eigenvalue weighted by Gasteiger charge is 2.05. The van der Waals surface area contributed by atoms with Crippen LogP contribution in [0.5, 0.6) is 0 Å². The average Bonchev–Trinajstić information content (AvgIpc) is 2.39. The second-order valence-electron chi connectivity index (χ2n) is 4.83. The van der Waals surface area contributed by atoms with E-state index in [2.05, 4.69) is 12.2 Å². The third kappa shape index (κ3) is 7.95. The number of rotatable bonds is 10. The molecule has 114 valence electrons. The van der Waals surface area contributed by atoms with E-state index < -0.39 is 6.10 Å². The summed E-state index contributed by atoms with van der Waals surface area (Å²) in [6.45, 7) is 3.64. The molecule has 0 saturated heterocycles. The van der Waals surface area contributed by atoms with Crippen LogP contribution in [-0.2, 0) is 4.74 Å². The standard InChI is InChI=1S/C15H23Cl2NO2/c1-2-3-4-5-6-20-11-15(19)10-18-14-8-12(16)7-13(17)9-14/h7-9,15,18-19H,2-6,10-11H2,1H3. The fourth-order valence-electron chi connectivity index (χ4n) is 1.80. The van der Waals surface area contributed by atoms with Gasteiger partial charge in [0.15, 0.2) is 0 Å². The van der Waals surface area contributed by atoms with Crippen molar-refractivity contribution in [3.05, 3.63) is 28.2 Å². The molecule has 0 aromatic heterocycles. The third-order valence-corrected chi connectivity index (χ3v) is 3.29. The third-order valence-electron chi connectivity index (χ3n) is 2.86. The quantitative estimate of drug-likeness (QED) is 0.629. The van der Waals surface area contributed by atoms with Gasteiger partial charge < -0.3 is 15.2 Å². The number of ether oxygens (including phenoxy) is 1. The second-order valence-corrected chi connectivity index (χ2v) is 5.70. The summed E-state index contributed by atoms with van der Waals surface area (Å²) in [5, 5.41) is 14.0. The van der Waals surface area contributed by atoms with Gasteiger partial charge in [0, 0.05) is 28.9 Å². The van der Waals surface area contributed by atoms with Gasteiger partial charge in [-0.2, -0.15) is 0 Å². The summed E-state index contributed by atoms with van der Waals surface area (Å²) in [5.74, 6) is 0. The number of hydrogen-bond donors (Lipinski definition) is 2. The Kier molecular flexibility index (Phi) is 9.03. The van der Waals surface area contributed by atoms with Crippen molar-refractivity contribution in [2.75, 3.05) is 25.1 Å². The van der Waals surface area contributed by atoms with Crippen LogP contribution in [0.25, 0.3) is 0 Å². The lowest BCUT2D eigenvalue weighted by Crippen LogP contribution is -2.25. The van der Waals surface area contributed by atoms with Gasteiger partial charge in [-0.1, -0.05) is 49.4 Å². The molecule has 0 aliphatic rings. The van der Waals surface area contributed by atoms with Crippen LogP contribution in [0.3, 0.4) is 0 Å². The molecule has 0 fully saturated rings. The summed E-state index contributed by atoms with van der Waals surface area (Å²) in [7, 11) is 0. The molecule has 0 amide bonds. The summed E-state index contributed by atoms with van der Waals surface area (Å²) in [6.07, 6.45) is 4.15. The highest BCUT2D eigenvalue weighted by Crippen LogP contribution is 2.22. The van der Waals surface area contributed by atoms with E-state index in [0.717, 1.165) is 12.1 Å². The minimum absolute atomic E-state index is 0.341. The van der Waals surface area contributed by atoms with Gasteiger partial charge in [0.2, 0.25) is 0 Å². The van der Waals surface area contributed by atoms with Crippen LogP contribution in [0.2, 0.25) is 10.0 Å². The molecule has 0 heterocycles. The Bertz CT molecular complexity index is 368. The molecule has 0 saturated carbocycles. The van der Waals surface area contributed by atoms with Crippen molar-refractivity contribution in [2.45, 2.75) is 38.7 Å². The number of halogens is 2. The van der Waals surface area contributed by atoms with Gasteiger partial charge in [-0.3, -0.25) is 0 Å². The molecule has 20 heavy (non-hydrogen) atoms. The number of unbranched alkanes of at least 4 members (excludes halogenated alkanes) is 3. The molecule has 1 rings (SSSR count). The summed E-state index contributed by atoms with van der Waals surface area (Å²) in [5.41, 5.74) is 0.796. The highest BCUT2D eigenvalue weighted by molar-refractivity contribution is 6.35. The Morgan fingerprint density at radius 3 is 2.50 bits per heavy atom. The van der Waals surface area contributed by atoms with Gasteiger partial charge in [0.25, 0.3) is 0 Å². The first kappa shape index (κ1) is 17.6. The Balaban J connectivity index is 2.14. The van der Waals surface area contributed by atoms with Crippen LogP contribution >= 0.6 is 23.2 Å². The number of hydrogen-bond acceptors (Lipinski definition) is 3. The van der Waals surface area contributed by atoms with Crippen molar-refractivity contribution in [1.82, 2.24) is 0 Å². The van der Waals surface area contributed by atoms with E-state index >= 15 is 0 Å². The van der Waals surface area contributed by atoms with E-state index in [0.29, 0.717) is 29.8 Å². The zero-order chi connectivity index (χ0) is 14.8. The molecule has 0 bridgehead atoms. The molecular formula is C15H23Cl2NO2. The fourth-order valence-corrected chi connectivity index (χ4v) is 2.33. The largest absolute Gasteiger partial charge is 0.389 e. The number of benzene rings is 1. The zero-order valence-corrected chi connectivity index (χ0v) is 13.4. The molecule has 0 radical (unpaired) electrons. The zero-order valence-electron chi connectivity index (χ0n) is 11.9. The van der Waals surface area contributed by atoms with E-state index in [-0.39, 0.29) is 0 Å². The van der Waals surface area contributed by atoms with Crippen LogP contribution in [0.4, 0.5) is 5.69 Å². The fraction of sp³-hybridized carbons (Fsp3) is 0.600. The lowest BCUT2D eigenvalue weighted by Gasteiger charge is -2.13. The van der Waals surface area contributed by atoms with Gasteiger partial charge in [0.05, 0.1) is 12.7 Å². The Morgan fingerprint density at radius 1 is 1.15 bits per heavy atom. The second kappa shape index (κ2) is 10.3. The monoisotopic (exact) mass is 319 g/mol. The van der Waals surface area contributed by atoms with Crippen molar-refractivity contribution >= 4 is 28.9 Å². The predicted molar refractivity (Wildman–Crippen MR) is 85.9 cm³/mol. The van der Waals surface area contributed by atoms with Gasteiger partial charge in [-0.05, 0) is 24.6 Å². The molecule has 0 aliphatic carbocycles. The van der Waals surface area contributed by atoms with Crippen molar-refractivity contribution < 1.29 is 9.84 Å². The van der Waals surface area contributed by atoms with E-state index in [1.165, 1.54) is 19.3 Å². The molecule has 2 N–H and O–H groups in total. The van der Waals surface area contributed by atoms with Crippen molar-refractivity contribution in [1.29, 1.82) is 0 Å². The van der Waals surface area contributed by atoms with Gasteiger partial charge in [-0.25, -0.2) is 0 Å². The summed E-state index contributed by atoms with van der Waals surface area (Å²) < 4.78 is 5.44. The Morgan fingerprint density at radius 2 is 1.85 bits per heavy atom. The molecule has 1 unspecified atom stereocenters. The van der Waals surface area contributed by atoms with Gasteiger partial charge in [-0.15, -0.1) is 0 Å². The molecule has 1 aromatic carbocycles. The molecule has 5 heteroatoms. The molecule has 1 atom stereocenters. The van der Waals surface area contributed by atoms with Crippen LogP contribution in [-0.4, -0.2) is 31.0 Å². The maximum absolute atomic E-state index is 9.80. The van der Waals surface area contributed by atoms with E-state index in [4.69, 9.17) is 27.9 Å². The Labute approximate surface area is 131 Å². The van der Waals surface area contributed by atoms with Crippen LogP contribution in [0.1, 0.15) is 32.6 Å². The number of anilines is 1. The predicted octanol–water partition coefficient (Wildman–Crippen LogP) is 4.36. The van der Waals surface area contributed by atoms with Crippen LogP contribution in [0, 0.1) is 0 Å². The summed E-state index contributed by atoms with van der Waals surface area (Å²) in [4.78, 5) is 0. The van der Waals surface area contributed by atoms with Gasteiger partial charge >= 0.3 is 0 Å². The number of aliphatic hydroxyl groups is 1. The molecule has 3 nitrogen and oxygen atoms in total. The van der Waals surface area contributed by atoms with Crippen molar-refractivity contribution in [3.8, 4) is 0 Å². The van der Waals surface area contributed by atoms with Crippen molar-refractivity contribution in [2.24, 2.45) is 0 Å². The lowest BCUT2D eigenvalue weighted by atomic mass is 10.2. The number of nitrogens with one attached hydrogen (secondary N) is 1. The van der Waals surface area contributed by atoms with Gasteiger partial charge in [0.1, 0.15) is 0 Å². The molecular weight excluding hydrogens is 297 g/mol. The maximum atomic E-state index is 9.80. The minimum Gasteiger partial charge on any atom is -0.389 e. The summed E-state index contributed by atoms with van der Waals surface area (Å²) in [6, 6.07) is 5.21. The average molecular weight is 320 g/mol. The maximum Gasteiger partial charge on any atom is 0.0945 e. The first-order chi connectivity index (χ1) is 9.61. The number of aliphatic hydroxyl groups excluding tert-OH is 1. The minimum atomic E-state index is -0.543. The normalized spacial score (nSPS) is 12.4.